The number of piperidine rings is 1. The van der Waals surface area contributed by atoms with Gasteiger partial charge in [-0.25, -0.2) is 14.4 Å². The highest BCUT2D eigenvalue weighted by Crippen LogP contribution is 2.36. The molecule has 2 aromatic rings. The van der Waals surface area contributed by atoms with Gasteiger partial charge in [0.15, 0.2) is 11.6 Å². The Morgan fingerprint density at radius 1 is 1.25 bits per heavy atom. The molecule has 148 valence electrons. The largest absolute Gasteiger partial charge is 0.494 e. The van der Waals surface area contributed by atoms with Crippen molar-refractivity contribution in [3.63, 3.8) is 0 Å². The Hall–Kier alpha value is -2.22. The first kappa shape index (κ1) is 19.1. The molecular weight excluding hydrogens is 427 g/mol. The molecule has 8 heteroatoms. The molecule has 1 aromatic heterocycles. The molecule has 6 nitrogen and oxygen atoms in total. The molecule has 1 aromatic carbocycles. The molecule has 28 heavy (non-hydrogen) atoms. The van der Waals surface area contributed by atoms with Crippen molar-refractivity contribution in [3.05, 3.63) is 45.4 Å². The van der Waals surface area contributed by atoms with Crippen molar-refractivity contribution >= 4 is 27.8 Å². The lowest BCUT2D eigenvalue weighted by molar-refractivity contribution is 0.0583. The summed E-state index contributed by atoms with van der Waals surface area (Å²) < 4.78 is 20.2. The number of halogens is 2. The number of methoxy groups -OCH3 is 1. The van der Waals surface area contributed by atoms with Crippen LogP contribution in [-0.2, 0) is 0 Å². The maximum atomic E-state index is 14.7. The summed E-state index contributed by atoms with van der Waals surface area (Å²) >= 11 is 3.31. The molecule has 0 N–H and O–H groups in total. The van der Waals surface area contributed by atoms with Crippen LogP contribution in [0.3, 0.4) is 0 Å². The molecule has 2 atom stereocenters. The third kappa shape index (κ3) is 3.23. The maximum absolute atomic E-state index is 14.7. The smallest absolute Gasteiger partial charge is 0.258 e. The zero-order valence-corrected chi connectivity index (χ0v) is 17.7. The van der Waals surface area contributed by atoms with E-state index in [1.807, 2.05) is 19.9 Å². The quantitative estimate of drug-likeness (QED) is 0.720. The number of fused-ring (bicyclic) bond motifs is 1. The van der Waals surface area contributed by atoms with Crippen molar-refractivity contribution in [2.45, 2.75) is 26.3 Å². The van der Waals surface area contributed by atoms with Crippen LogP contribution in [0.1, 0.15) is 28.2 Å². The van der Waals surface area contributed by atoms with Gasteiger partial charge >= 0.3 is 0 Å². The number of carbonyl (C=O) groups excluding carboxylic acids is 1. The van der Waals surface area contributed by atoms with Crippen LogP contribution in [0.15, 0.2) is 22.7 Å². The zero-order chi connectivity index (χ0) is 20.0. The molecule has 0 spiro atoms. The van der Waals surface area contributed by atoms with Crippen molar-refractivity contribution in [1.82, 2.24) is 14.9 Å². The molecule has 4 rings (SSSR count). The molecule has 2 saturated heterocycles. The molecule has 1 amide bonds. The Morgan fingerprint density at radius 2 is 1.96 bits per heavy atom. The number of carbonyl (C=O) groups is 1. The molecule has 2 unspecified atom stereocenters. The van der Waals surface area contributed by atoms with Crippen LogP contribution in [0.25, 0.3) is 0 Å². The summed E-state index contributed by atoms with van der Waals surface area (Å²) in [6.07, 6.45) is 0.890. The van der Waals surface area contributed by atoms with Gasteiger partial charge in [0, 0.05) is 41.4 Å². The minimum absolute atomic E-state index is 0.0197. The van der Waals surface area contributed by atoms with Crippen molar-refractivity contribution < 1.29 is 13.9 Å². The normalized spacial score (nSPS) is 21.2. The van der Waals surface area contributed by atoms with Crippen LogP contribution in [0, 0.1) is 25.6 Å². The number of nitrogens with zero attached hydrogens (tertiary/aromatic N) is 4. The predicted octanol–water partition coefficient (Wildman–Crippen LogP) is 3.35. The van der Waals surface area contributed by atoms with E-state index in [2.05, 4.69) is 30.8 Å². The second-order valence-electron chi connectivity index (χ2n) is 7.41. The van der Waals surface area contributed by atoms with Gasteiger partial charge in [0.2, 0.25) is 5.95 Å². The van der Waals surface area contributed by atoms with Gasteiger partial charge in [-0.3, -0.25) is 4.79 Å². The number of anilines is 1. The van der Waals surface area contributed by atoms with Gasteiger partial charge in [-0.05, 0) is 54.4 Å². The summed E-state index contributed by atoms with van der Waals surface area (Å²) in [4.78, 5) is 26.1. The fraction of sp³-hybridized carbons (Fsp3) is 0.450. The first-order valence-corrected chi connectivity index (χ1v) is 10.1. The van der Waals surface area contributed by atoms with Crippen LogP contribution < -0.4 is 9.64 Å². The van der Waals surface area contributed by atoms with Gasteiger partial charge in [0.25, 0.3) is 5.91 Å². The molecule has 2 fully saturated rings. The predicted molar refractivity (Wildman–Crippen MR) is 107 cm³/mol. The van der Waals surface area contributed by atoms with E-state index in [0.29, 0.717) is 29.4 Å². The van der Waals surface area contributed by atoms with E-state index in [4.69, 9.17) is 4.74 Å². The number of aromatic nitrogens is 2. The molecule has 3 heterocycles. The SMILES string of the molecule is COc1ccc(Br)c(C(=O)N2CCC3CN(c4nc(C)cc(C)n4)C3C2)c1F. The van der Waals surface area contributed by atoms with Crippen LogP contribution in [0.2, 0.25) is 0 Å². The van der Waals surface area contributed by atoms with Crippen LogP contribution in [0.4, 0.5) is 10.3 Å². The van der Waals surface area contributed by atoms with Crippen LogP contribution >= 0.6 is 15.9 Å². The number of hydrogen-bond donors (Lipinski definition) is 0. The number of rotatable bonds is 3. The third-order valence-corrected chi connectivity index (χ3v) is 6.22. The van der Waals surface area contributed by atoms with Gasteiger partial charge in [0.1, 0.15) is 0 Å². The van der Waals surface area contributed by atoms with Gasteiger partial charge in [-0.15, -0.1) is 0 Å². The zero-order valence-electron chi connectivity index (χ0n) is 16.1. The molecule has 0 saturated carbocycles. The number of likely N-dealkylation sites (tertiary alicyclic amines) is 1. The standard InChI is InChI=1S/C20H22BrFN4O2/c1-11-8-12(2)24-20(23-11)26-9-13-6-7-25(10-15(13)26)19(27)17-14(21)4-5-16(28-3)18(17)22/h4-5,8,13,15H,6-7,9-10H2,1-3H3. The highest BCUT2D eigenvalue weighted by molar-refractivity contribution is 9.10. The average Bonchev–Trinajstić information content (AvgIpc) is 2.62. The second kappa shape index (κ2) is 7.31. The average molecular weight is 449 g/mol. The molecule has 2 aliphatic rings. The molecule has 0 bridgehead atoms. The monoisotopic (exact) mass is 448 g/mol. The van der Waals surface area contributed by atoms with E-state index in [9.17, 15) is 9.18 Å². The van der Waals surface area contributed by atoms with E-state index in [1.165, 1.54) is 13.2 Å². The Kier molecular flexibility index (Phi) is 4.99. The fourth-order valence-electron chi connectivity index (χ4n) is 4.09. The van der Waals surface area contributed by atoms with Crippen molar-refractivity contribution in [2.24, 2.45) is 5.92 Å². The Morgan fingerprint density at radius 3 is 2.64 bits per heavy atom. The number of hydrogen-bond acceptors (Lipinski definition) is 5. The maximum Gasteiger partial charge on any atom is 0.258 e. The number of benzene rings is 1. The molecule has 2 aliphatic heterocycles. The van der Waals surface area contributed by atoms with Gasteiger partial charge in [-0.1, -0.05) is 0 Å². The first-order valence-electron chi connectivity index (χ1n) is 9.29. The van der Waals surface area contributed by atoms with E-state index >= 15 is 0 Å². The summed E-state index contributed by atoms with van der Waals surface area (Å²) in [5.41, 5.74) is 1.88. The highest BCUT2D eigenvalue weighted by atomic mass is 79.9. The minimum atomic E-state index is -0.632. The van der Waals surface area contributed by atoms with E-state index in [-0.39, 0.29) is 23.3 Å². The Balaban J connectivity index is 1.56. The lowest BCUT2D eigenvalue weighted by atomic mass is 9.82. The van der Waals surface area contributed by atoms with Crippen LogP contribution in [-0.4, -0.2) is 53.6 Å². The molecule has 0 aliphatic carbocycles. The van der Waals surface area contributed by atoms with Crippen molar-refractivity contribution in [3.8, 4) is 5.75 Å². The topological polar surface area (TPSA) is 58.6 Å². The van der Waals surface area contributed by atoms with Gasteiger partial charge in [0.05, 0.1) is 18.7 Å². The molecule has 0 radical (unpaired) electrons. The summed E-state index contributed by atoms with van der Waals surface area (Å²) in [5, 5.41) is 0. The van der Waals surface area contributed by atoms with E-state index < -0.39 is 5.82 Å². The van der Waals surface area contributed by atoms with E-state index in [0.717, 1.165) is 24.4 Å². The minimum Gasteiger partial charge on any atom is -0.494 e. The van der Waals surface area contributed by atoms with E-state index in [1.54, 1.807) is 11.0 Å². The first-order chi connectivity index (χ1) is 13.4. The number of ether oxygens (including phenoxy) is 1. The Labute approximate surface area is 171 Å². The number of amides is 1. The lowest BCUT2D eigenvalue weighted by Gasteiger charge is -2.53. The summed E-state index contributed by atoms with van der Waals surface area (Å²) in [7, 11) is 1.39. The highest BCUT2D eigenvalue weighted by Gasteiger charge is 2.45. The van der Waals surface area contributed by atoms with Crippen molar-refractivity contribution in [2.75, 3.05) is 31.6 Å². The second-order valence-corrected chi connectivity index (χ2v) is 8.26. The van der Waals surface area contributed by atoms with Gasteiger partial charge in [-0.2, -0.15) is 0 Å². The fourth-order valence-corrected chi connectivity index (χ4v) is 4.57. The van der Waals surface area contributed by atoms with Crippen molar-refractivity contribution in [1.29, 1.82) is 0 Å². The number of aryl methyl sites for hydroxylation is 2. The van der Waals surface area contributed by atoms with Gasteiger partial charge < -0.3 is 14.5 Å². The summed E-state index contributed by atoms with van der Waals surface area (Å²) in [5.74, 6) is 0.325. The third-order valence-electron chi connectivity index (χ3n) is 5.56. The summed E-state index contributed by atoms with van der Waals surface area (Å²) in [6, 6.07) is 5.25. The lowest BCUT2D eigenvalue weighted by Crippen LogP contribution is -2.65. The Bertz CT molecular complexity index is 918. The molecular formula is C20H22BrFN4O2. The van der Waals surface area contributed by atoms with Crippen LogP contribution in [0.5, 0.6) is 5.75 Å². The summed E-state index contributed by atoms with van der Waals surface area (Å²) in [6.45, 7) is 5.95.